The van der Waals surface area contributed by atoms with Crippen LogP contribution >= 0.6 is 0 Å². The Labute approximate surface area is 110 Å². The average Bonchev–Trinajstić information content (AvgIpc) is 2.43. The summed E-state index contributed by atoms with van der Waals surface area (Å²) in [7, 11) is 1.14. The first-order valence-electron chi connectivity index (χ1n) is 6.11. The van der Waals surface area contributed by atoms with E-state index in [-0.39, 0.29) is 5.56 Å². The van der Waals surface area contributed by atoms with Crippen molar-refractivity contribution in [3.05, 3.63) is 34.9 Å². The third kappa shape index (κ3) is 3.27. The second-order valence-electron chi connectivity index (χ2n) is 4.46. The van der Waals surface area contributed by atoms with Crippen LogP contribution in [0.2, 0.25) is 0 Å². The molecule has 6 heteroatoms. The minimum atomic E-state index is -1.16. The normalized spacial score (nSPS) is 16.4. The molecule has 1 fully saturated rings. The lowest BCUT2D eigenvalue weighted by Gasteiger charge is -2.27. The number of rotatable bonds is 3. The molecule has 1 heterocycles. The fraction of sp³-hybridized carbons (Fsp3) is 0.462. The molecule has 4 nitrogen and oxygen atoms in total. The van der Waals surface area contributed by atoms with Gasteiger partial charge in [-0.15, -0.1) is 0 Å². The predicted octanol–water partition coefficient (Wildman–Crippen LogP) is 1.16. The Morgan fingerprint density at radius 1 is 1.37 bits per heavy atom. The molecule has 1 aromatic rings. The first-order valence-corrected chi connectivity index (χ1v) is 6.11. The summed E-state index contributed by atoms with van der Waals surface area (Å²) >= 11 is 0. The van der Waals surface area contributed by atoms with Crippen LogP contribution in [0, 0.1) is 11.6 Å². The Kier molecular flexibility index (Phi) is 4.44. The number of piperazine rings is 1. The summed E-state index contributed by atoms with van der Waals surface area (Å²) < 4.78 is 31.4. The number of nitrogens with one attached hydrogen (secondary N) is 1. The zero-order valence-corrected chi connectivity index (χ0v) is 10.7. The Bertz CT molecular complexity index is 474. The van der Waals surface area contributed by atoms with Gasteiger partial charge in [-0.3, -0.25) is 4.90 Å². The van der Waals surface area contributed by atoms with Crippen molar-refractivity contribution in [2.24, 2.45) is 0 Å². The third-order valence-corrected chi connectivity index (χ3v) is 3.11. The summed E-state index contributed by atoms with van der Waals surface area (Å²) in [4.78, 5) is 13.5. The molecule has 1 N–H and O–H groups in total. The highest BCUT2D eigenvalue weighted by Crippen LogP contribution is 2.17. The SMILES string of the molecule is COC(=O)c1cc(CN2CCNCC2)cc(F)c1F. The molecule has 1 aromatic carbocycles. The summed E-state index contributed by atoms with van der Waals surface area (Å²) in [5.74, 6) is -3.04. The van der Waals surface area contributed by atoms with Crippen LogP contribution in [0.1, 0.15) is 15.9 Å². The van der Waals surface area contributed by atoms with E-state index in [1.807, 2.05) is 0 Å². The molecular formula is C13H16F2N2O2. The lowest BCUT2D eigenvalue weighted by atomic mass is 10.1. The molecule has 0 aliphatic carbocycles. The summed E-state index contributed by atoms with van der Waals surface area (Å²) in [6, 6.07) is 2.48. The number of hydrogen-bond donors (Lipinski definition) is 1. The van der Waals surface area contributed by atoms with Gasteiger partial charge in [0.2, 0.25) is 0 Å². The minimum absolute atomic E-state index is 0.354. The van der Waals surface area contributed by atoms with Crippen LogP contribution < -0.4 is 5.32 Å². The van der Waals surface area contributed by atoms with Crippen molar-refractivity contribution in [2.75, 3.05) is 33.3 Å². The van der Waals surface area contributed by atoms with Gasteiger partial charge >= 0.3 is 5.97 Å². The van der Waals surface area contributed by atoms with E-state index >= 15 is 0 Å². The monoisotopic (exact) mass is 270 g/mol. The van der Waals surface area contributed by atoms with Crippen molar-refractivity contribution in [3.8, 4) is 0 Å². The summed E-state index contributed by atoms with van der Waals surface area (Å²) in [5, 5.41) is 3.21. The molecule has 2 rings (SSSR count). The number of carbonyl (C=O) groups is 1. The van der Waals surface area contributed by atoms with E-state index in [0.29, 0.717) is 12.1 Å². The number of benzene rings is 1. The molecule has 0 saturated carbocycles. The molecule has 0 bridgehead atoms. The molecule has 0 aromatic heterocycles. The zero-order valence-electron chi connectivity index (χ0n) is 10.7. The highest BCUT2D eigenvalue weighted by Gasteiger charge is 2.19. The maximum Gasteiger partial charge on any atom is 0.340 e. The Balaban J connectivity index is 2.20. The van der Waals surface area contributed by atoms with Crippen LogP contribution in [0.3, 0.4) is 0 Å². The number of nitrogens with zero attached hydrogens (tertiary/aromatic N) is 1. The fourth-order valence-corrected chi connectivity index (χ4v) is 2.12. The van der Waals surface area contributed by atoms with Gasteiger partial charge in [-0.1, -0.05) is 0 Å². The van der Waals surface area contributed by atoms with Gasteiger partial charge < -0.3 is 10.1 Å². The van der Waals surface area contributed by atoms with Crippen molar-refractivity contribution >= 4 is 5.97 Å². The molecule has 0 amide bonds. The van der Waals surface area contributed by atoms with Crippen LogP contribution in [-0.4, -0.2) is 44.2 Å². The van der Waals surface area contributed by atoms with Crippen LogP contribution in [0.15, 0.2) is 12.1 Å². The second-order valence-corrected chi connectivity index (χ2v) is 4.46. The largest absolute Gasteiger partial charge is 0.465 e. The highest BCUT2D eigenvalue weighted by atomic mass is 19.2. The quantitative estimate of drug-likeness (QED) is 0.837. The van der Waals surface area contributed by atoms with E-state index in [1.54, 1.807) is 0 Å². The summed E-state index contributed by atoms with van der Waals surface area (Å²) in [6.45, 7) is 3.91. The van der Waals surface area contributed by atoms with Gasteiger partial charge in [0.25, 0.3) is 0 Å². The van der Waals surface area contributed by atoms with Crippen LogP contribution in [0.5, 0.6) is 0 Å². The van der Waals surface area contributed by atoms with Crippen molar-refractivity contribution in [3.63, 3.8) is 0 Å². The van der Waals surface area contributed by atoms with E-state index < -0.39 is 17.6 Å². The van der Waals surface area contributed by atoms with Crippen molar-refractivity contribution < 1.29 is 18.3 Å². The lowest BCUT2D eigenvalue weighted by Crippen LogP contribution is -2.42. The molecule has 0 unspecified atom stereocenters. The van der Waals surface area contributed by atoms with Crippen LogP contribution in [0.4, 0.5) is 8.78 Å². The summed E-state index contributed by atoms with van der Waals surface area (Å²) in [6.07, 6.45) is 0. The molecule has 0 spiro atoms. The van der Waals surface area contributed by atoms with Gasteiger partial charge in [0, 0.05) is 32.7 Å². The van der Waals surface area contributed by atoms with E-state index in [4.69, 9.17) is 0 Å². The highest BCUT2D eigenvalue weighted by molar-refractivity contribution is 5.89. The number of esters is 1. The first-order chi connectivity index (χ1) is 9.11. The maximum atomic E-state index is 13.5. The van der Waals surface area contributed by atoms with Gasteiger partial charge in [0.1, 0.15) is 0 Å². The molecule has 104 valence electrons. The number of carbonyl (C=O) groups excluding carboxylic acids is 1. The molecule has 1 aliphatic heterocycles. The van der Waals surface area contributed by atoms with E-state index in [0.717, 1.165) is 39.4 Å². The van der Waals surface area contributed by atoms with Crippen LogP contribution in [-0.2, 0) is 11.3 Å². The summed E-state index contributed by atoms with van der Waals surface area (Å²) in [5.41, 5.74) is 0.217. The standard InChI is InChI=1S/C13H16F2N2O2/c1-19-13(18)10-6-9(7-11(14)12(10)15)8-17-4-2-16-3-5-17/h6-7,16H,2-5,8H2,1H3. The molecule has 19 heavy (non-hydrogen) atoms. The van der Waals surface area contributed by atoms with Crippen molar-refractivity contribution in [2.45, 2.75) is 6.54 Å². The smallest absolute Gasteiger partial charge is 0.340 e. The fourth-order valence-electron chi connectivity index (χ4n) is 2.12. The molecule has 1 saturated heterocycles. The number of ether oxygens (including phenoxy) is 1. The van der Waals surface area contributed by atoms with Crippen molar-refractivity contribution in [1.82, 2.24) is 10.2 Å². The topological polar surface area (TPSA) is 41.6 Å². The third-order valence-electron chi connectivity index (χ3n) is 3.11. The molecular weight excluding hydrogens is 254 g/mol. The average molecular weight is 270 g/mol. The Morgan fingerprint density at radius 3 is 2.68 bits per heavy atom. The first kappa shape index (κ1) is 13.9. The Morgan fingerprint density at radius 2 is 2.05 bits per heavy atom. The van der Waals surface area contributed by atoms with Gasteiger partial charge in [-0.05, 0) is 17.7 Å². The van der Waals surface area contributed by atoms with Gasteiger partial charge in [0.15, 0.2) is 11.6 Å². The number of methoxy groups -OCH3 is 1. The number of halogens is 2. The minimum Gasteiger partial charge on any atom is -0.465 e. The lowest BCUT2D eigenvalue weighted by molar-refractivity contribution is 0.0594. The van der Waals surface area contributed by atoms with E-state index in [1.165, 1.54) is 6.07 Å². The molecule has 0 radical (unpaired) electrons. The zero-order chi connectivity index (χ0) is 13.8. The number of hydrogen-bond acceptors (Lipinski definition) is 4. The van der Waals surface area contributed by atoms with Gasteiger partial charge in [-0.2, -0.15) is 0 Å². The second kappa shape index (κ2) is 6.08. The predicted molar refractivity (Wildman–Crippen MR) is 65.8 cm³/mol. The Hall–Kier alpha value is -1.53. The van der Waals surface area contributed by atoms with Crippen LogP contribution in [0.25, 0.3) is 0 Å². The van der Waals surface area contributed by atoms with Gasteiger partial charge in [0.05, 0.1) is 12.7 Å². The maximum absolute atomic E-state index is 13.5. The van der Waals surface area contributed by atoms with Gasteiger partial charge in [-0.25, -0.2) is 13.6 Å². The van der Waals surface area contributed by atoms with Crippen molar-refractivity contribution in [1.29, 1.82) is 0 Å². The molecule has 1 aliphatic rings. The van der Waals surface area contributed by atoms with E-state index in [2.05, 4.69) is 15.0 Å². The molecule has 0 atom stereocenters. The van der Waals surface area contributed by atoms with E-state index in [9.17, 15) is 13.6 Å².